The van der Waals surface area contributed by atoms with E-state index in [1.165, 1.54) is 13.8 Å². The van der Waals surface area contributed by atoms with Crippen molar-refractivity contribution in [2.45, 2.75) is 75.4 Å². The van der Waals surface area contributed by atoms with Gasteiger partial charge >= 0.3 is 12.2 Å². The monoisotopic (exact) mass is 688 g/mol. The molecule has 0 aromatic heterocycles. The van der Waals surface area contributed by atoms with Crippen molar-refractivity contribution in [3.63, 3.8) is 0 Å². The number of benzene rings is 1. The summed E-state index contributed by atoms with van der Waals surface area (Å²) in [6, 6.07) is 1.46. The molecule has 0 aliphatic carbocycles. The maximum atomic E-state index is 13.6. The van der Waals surface area contributed by atoms with Crippen LogP contribution in [-0.4, -0.2) is 130 Å². The Bertz CT molecular complexity index is 1450. The smallest absolute Gasteiger partial charge is 0.456 e. The number of aliphatic hydroxyl groups excluding tert-OH is 4. The number of nitrogens with two attached hydrogens (primary N) is 1. The summed E-state index contributed by atoms with van der Waals surface area (Å²) in [6.45, 7) is 2.77. The largest absolute Gasteiger partial charge is 0.510 e. The van der Waals surface area contributed by atoms with E-state index in [1.54, 1.807) is 0 Å². The second-order valence-electron chi connectivity index (χ2n) is 10.5. The minimum Gasteiger partial charge on any atom is -0.456 e. The first-order valence-electron chi connectivity index (χ1n) is 14.3. The molecule has 48 heavy (non-hydrogen) atoms. The number of carbonyl (C=O) groups is 4. The minimum atomic E-state index is -1.98. The van der Waals surface area contributed by atoms with Crippen LogP contribution in [0, 0.1) is 11.6 Å². The summed E-state index contributed by atoms with van der Waals surface area (Å²) >= 11 is 0. The van der Waals surface area contributed by atoms with Crippen LogP contribution < -0.4 is 11.1 Å². The van der Waals surface area contributed by atoms with Gasteiger partial charge in [-0.3, -0.25) is 19.4 Å². The van der Waals surface area contributed by atoms with E-state index in [0.717, 1.165) is 47.4 Å². The maximum absolute atomic E-state index is 13.6. The van der Waals surface area contributed by atoms with E-state index >= 15 is 0 Å². The number of anilines is 1. The standard InChI is InChI=1S/C28H34F2N4O14/c1-4-44-28(42)45-11(2)34-17(36)7-8-33(27(34)41)25-19(38)20(43-3)21(47-25)22(23(31)39)48-26-18(37)15(35)10-16(46-26)24(40)32-12-5-6-13(29)14(30)9-12/h5-11,15,17-22,25-26,35-38H,4H2,1-3H3,(H2,31,39)(H,32,40)/t11?,15-,17?,18-,19+,20-,21-,22+,25+,26+/m0/s1. The first kappa shape index (κ1) is 36.4. The summed E-state index contributed by atoms with van der Waals surface area (Å²) in [5, 5.41) is 44.7. The van der Waals surface area contributed by atoms with Crippen LogP contribution in [0.1, 0.15) is 13.8 Å². The molecular weight excluding hydrogens is 654 g/mol. The predicted octanol–water partition coefficient (Wildman–Crippen LogP) is -1.07. The number of primary amides is 1. The Morgan fingerprint density at radius 3 is 2.46 bits per heavy atom. The van der Waals surface area contributed by atoms with Crippen molar-refractivity contribution in [3.05, 3.63) is 53.9 Å². The fourth-order valence-corrected chi connectivity index (χ4v) is 5.01. The summed E-state index contributed by atoms with van der Waals surface area (Å²) in [5.41, 5.74) is 5.38. The van der Waals surface area contributed by atoms with Gasteiger partial charge in [0.2, 0.25) is 12.2 Å². The molecule has 3 heterocycles. The van der Waals surface area contributed by atoms with Crippen LogP contribution in [-0.2, 0) is 38.0 Å². The molecule has 1 aromatic rings. The van der Waals surface area contributed by atoms with E-state index in [0.29, 0.717) is 6.07 Å². The molecule has 1 aromatic carbocycles. The van der Waals surface area contributed by atoms with Crippen molar-refractivity contribution in [2.75, 3.05) is 19.0 Å². The average Bonchev–Trinajstić information content (AvgIpc) is 3.34. The van der Waals surface area contributed by atoms with Gasteiger partial charge in [0.15, 0.2) is 42.2 Å². The molecule has 0 radical (unpaired) electrons. The lowest BCUT2D eigenvalue weighted by atomic mass is 10.0. The van der Waals surface area contributed by atoms with Crippen LogP contribution in [0.3, 0.4) is 0 Å². The van der Waals surface area contributed by atoms with Gasteiger partial charge in [0, 0.05) is 25.1 Å². The maximum Gasteiger partial charge on any atom is 0.510 e. The quantitative estimate of drug-likeness (QED) is 0.152. The Labute approximate surface area is 270 Å². The zero-order chi connectivity index (χ0) is 35.4. The molecule has 4 rings (SSSR count). The average molecular weight is 689 g/mol. The van der Waals surface area contributed by atoms with Crippen molar-refractivity contribution >= 4 is 29.7 Å². The number of carbonyl (C=O) groups excluding carboxylic acids is 4. The number of nitrogens with zero attached hydrogens (tertiary/aromatic N) is 2. The lowest BCUT2D eigenvalue weighted by Crippen LogP contribution is -2.58. The minimum absolute atomic E-state index is 0.0248. The topological polar surface area (TPSA) is 249 Å². The van der Waals surface area contributed by atoms with E-state index in [4.69, 9.17) is 34.2 Å². The summed E-state index contributed by atoms with van der Waals surface area (Å²) in [4.78, 5) is 52.2. The van der Waals surface area contributed by atoms with Gasteiger partial charge in [-0.05, 0) is 38.1 Å². The Morgan fingerprint density at radius 1 is 1.12 bits per heavy atom. The lowest BCUT2D eigenvalue weighted by Gasteiger charge is -2.40. The number of methoxy groups -OCH3 is 1. The zero-order valence-electron chi connectivity index (χ0n) is 25.5. The fourth-order valence-electron chi connectivity index (χ4n) is 5.01. The molecular formula is C28H34F2N4O14. The highest BCUT2D eigenvalue weighted by Crippen LogP contribution is 2.33. The van der Waals surface area contributed by atoms with Crippen LogP contribution in [0.5, 0.6) is 0 Å². The zero-order valence-corrected chi connectivity index (χ0v) is 25.5. The van der Waals surface area contributed by atoms with E-state index < -0.39 is 103 Å². The van der Waals surface area contributed by atoms with Crippen molar-refractivity contribution in [3.8, 4) is 0 Å². The molecule has 0 bridgehead atoms. The molecule has 4 amide bonds. The van der Waals surface area contributed by atoms with E-state index in [1.807, 2.05) is 0 Å². The fraction of sp³-hybridized carbons (Fsp3) is 0.500. The lowest BCUT2D eigenvalue weighted by molar-refractivity contribution is -0.241. The van der Waals surface area contributed by atoms with Gasteiger partial charge in [-0.2, -0.15) is 0 Å². The molecule has 0 spiro atoms. The Balaban J connectivity index is 1.52. The molecule has 18 nitrogen and oxygen atoms in total. The number of amides is 4. The van der Waals surface area contributed by atoms with E-state index in [9.17, 15) is 48.4 Å². The number of halogens is 2. The van der Waals surface area contributed by atoms with Gasteiger partial charge < -0.3 is 59.9 Å². The van der Waals surface area contributed by atoms with Gasteiger partial charge in [-0.1, -0.05) is 0 Å². The number of nitrogens with one attached hydrogen (secondary N) is 1. The molecule has 1 saturated heterocycles. The van der Waals surface area contributed by atoms with Crippen LogP contribution in [0.4, 0.5) is 24.1 Å². The van der Waals surface area contributed by atoms with Gasteiger partial charge in [0.25, 0.3) is 5.91 Å². The first-order valence-corrected chi connectivity index (χ1v) is 14.3. The summed E-state index contributed by atoms with van der Waals surface area (Å²) in [5.74, 6) is -5.42. The Kier molecular flexibility index (Phi) is 11.5. The SMILES string of the molecule is CCOC(=O)OC(C)N1C(=O)N([C@@H]2O[C@H]([C@@H](O[C@H]3OC(C(=O)Nc4ccc(F)c(F)c4)=C[C@H](O)[C@@H]3O)C(N)=O)[C@@H](OC)[C@H]2O)C=CC1O. The van der Waals surface area contributed by atoms with Gasteiger partial charge in [0.1, 0.15) is 30.5 Å². The highest BCUT2D eigenvalue weighted by atomic mass is 19.2. The number of hydrogen-bond donors (Lipinski definition) is 6. The van der Waals surface area contributed by atoms with Crippen LogP contribution in [0.2, 0.25) is 0 Å². The van der Waals surface area contributed by atoms with Crippen LogP contribution in [0.25, 0.3) is 0 Å². The molecule has 264 valence electrons. The van der Waals surface area contributed by atoms with Crippen LogP contribution in [0.15, 0.2) is 42.3 Å². The number of hydrogen-bond acceptors (Lipinski definition) is 14. The van der Waals surface area contributed by atoms with Gasteiger partial charge in [-0.15, -0.1) is 0 Å². The van der Waals surface area contributed by atoms with Crippen molar-refractivity contribution in [1.82, 2.24) is 9.80 Å². The second-order valence-corrected chi connectivity index (χ2v) is 10.5. The Hall–Kier alpha value is -4.44. The molecule has 0 saturated carbocycles. The number of urea groups is 1. The van der Waals surface area contributed by atoms with Gasteiger partial charge in [-0.25, -0.2) is 18.4 Å². The molecule has 20 heteroatoms. The third-order valence-electron chi connectivity index (χ3n) is 7.32. The normalized spacial score (nSPS) is 29.9. The summed E-state index contributed by atoms with van der Waals surface area (Å²) in [6.07, 6.45) is -15.2. The second kappa shape index (κ2) is 15.2. The third kappa shape index (κ3) is 7.65. The van der Waals surface area contributed by atoms with Crippen molar-refractivity contribution in [2.24, 2.45) is 5.73 Å². The molecule has 1 fully saturated rings. The molecule has 3 aliphatic rings. The summed E-state index contributed by atoms with van der Waals surface area (Å²) < 4.78 is 58.7. The highest BCUT2D eigenvalue weighted by Gasteiger charge is 2.55. The highest BCUT2D eigenvalue weighted by molar-refractivity contribution is 6.02. The number of ether oxygens (including phenoxy) is 6. The molecule has 3 aliphatic heterocycles. The van der Waals surface area contributed by atoms with E-state index in [-0.39, 0.29) is 12.3 Å². The first-order chi connectivity index (χ1) is 22.7. The third-order valence-corrected chi connectivity index (χ3v) is 7.32. The van der Waals surface area contributed by atoms with Gasteiger partial charge in [0.05, 0.1) is 6.61 Å². The predicted molar refractivity (Wildman–Crippen MR) is 151 cm³/mol. The Morgan fingerprint density at radius 2 is 1.83 bits per heavy atom. The summed E-state index contributed by atoms with van der Waals surface area (Å²) in [7, 11) is 1.13. The number of aliphatic hydroxyl groups is 4. The molecule has 7 N–H and O–H groups in total. The van der Waals surface area contributed by atoms with Crippen molar-refractivity contribution < 1.29 is 76.8 Å². The van der Waals surface area contributed by atoms with E-state index in [2.05, 4.69) is 5.32 Å². The molecule has 2 unspecified atom stereocenters. The van der Waals surface area contributed by atoms with Crippen molar-refractivity contribution in [1.29, 1.82) is 0 Å². The number of rotatable bonds is 11. The van der Waals surface area contributed by atoms with Crippen LogP contribution >= 0.6 is 0 Å². The molecule has 10 atom stereocenters.